The highest BCUT2D eigenvalue weighted by Gasteiger charge is 2.23. The second-order valence-electron chi connectivity index (χ2n) is 7.05. The van der Waals surface area contributed by atoms with Crippen LogP contribution in [0.1, 0.15) is 36.4 Å². The van der Waals surface area contributed by atoms with Crippen LogP contribution in [0.2, 0.25) is 0 Å². The third kappa shape index (κ3) is 4.05. The molecule has 0 spiro atoms. The highest BCUT2D eigenvalue weighted by atomic mass is 32.2. The van der Waals surface area contributed by atoms with Crippen LogP contribution >= 0.6 is 34.4 Å². The summed E-state index contributed by atoms with van der Waals surface area (Å²) >= 11 is 4.62. The maximum Gasteiger partial charge on any atom is 0.263 e. The minimum atomic E-state index is -0.0164. The first kappa shape index (κ1) is 21.5. The number of methoxy groups -OCH3 is 1. The van der Waals surface area contributed by atoms with Crippen LogP contribution in [0.4, 0.5) is 5.13 Å². The number of carbonyl (C=O) groups is 1. The molecule has 0 aromatic carbocycles. The Balaban J connectivity index is 1.63. The molecule has 160 valence electrons. The number of ether oxygens (including phenoxy) is 1. The van der Waals surface area contributed by atoms with Crippen LogP contribution < -0.4 is 10.5 Å². The second kappa shape index (κ2) is 9.17. The lowest BCUT2D eigenvalue weighted by atomic mass is 10.2. The van der Waals surface area contributed by atoms with Gasteiger partial charge in [0.05, 0.1) is 24.2 Å². The number of thiophene rings is 1. The van der Waals surface area contributed by atoms with Crippen LogP contribution in [0, 0.1) is 0 Å². The Kier molecular flexibility index (Phi) is 6.57. The fraction of sp³-hybridized carbons (Fsp3) is 0.500. The maximum atomic E-state index is 13.3. The van der Waals surface area contributed by atoms with Crippen molar-refractivity contribution in [3.05, 3.63) is 31.9 Å². The number of rotatable bonds is 8. The number of carbonyl (C=O) groups excluding carboxylic acids is 1. The van der Waals surface area contributed by atoms with Gasteiger partial charge in [0.2, 0.25) is 5.91 Å². The van der Waals surface area contributed by atoms with E-state index in [-0.39, 0.29) is 11.5 Å². The van der Waals surface area contributed by atoms with Crippen molar-refractivity contribution < 1.29 is 9.53 Å². The molecule has 0 saturated carbocycles. The van der Waals surface area contributed by atoms with Crippen molar-refractivity contribution in [2.45, 2.75) is 50.6 Å². The van der Waals surface area contributed by atoms with Gasteiger partial charge >= 0.3 is 0 Å². The van der Waals surface area contributed by atoms with Crippen LogP contribution in [0.3, 0.4) is 0 Å². The molecule has 30 heavy (non-hydrogen) atoms. The molecule has 0 unspecified atom stereocenters. The Morgan fingerprint density at radius 3 is 2.93 bits per heavy atom. The van der Waals surface area contributed by atoms with Crippen molar-refractivity contribution in [2.24, 2.45) is 0 Å². The lowest BCUT2D eigenvalue weighted by Gasteiger charge is -2.14. The van der Waals surface area contributed by atoms with E-state index < -0.39 is 0 Å². The molecule has 0 atom stereocenters. The highest BCUT2D eigenvalue weighted by Crippen LogP contribution is 2.36. The van der Waals surface area contributed by atoms with E-state index in [0.29, 0.717) is 35.7 Å². The molecule has 1 aliphatic rings. The molecule has 0 bridgehead atoms. The molecule has 3 heterocycles. The van der Waals surface area contributed by atoms with E-state index in [4.69, 9.17) is 9.72 Å². The van der Waals surface area contributed by atoms with Gasteiger partial charge in [-0.05, 0) is 31.7 Å². The van der Waals surface area contributed by atoms with Gasteiger partial charge in [-0.25, -0.2) is 9.97 Å². The first-order valence-electron chi connectivity index (χ1n) is 9.92. The zero-order chi connectivity index (χ0) is 21.3. The number of aryl methyl sites for hydroxylation is 2. The number of nitrogens with zero attached hydrogens (tertiary/aromatic N) is 4. The summed E-state index contributed by atoms with van der Waals surface area (Å²) in [6, 6.07) is 0. The SMILES string of the molecule is CCN(C(C)=O)c1nc(CSc2nc3sc4c(c3c(=O)n2CCOC)CCC4)cs1. The third-order valence-electron chi connectivity index (χ3n) is 5.12. The number of fused-ring (bicyclic) bond motifs is 3. The minimum absolute atomic E-state index is 0.0164. The van der Waals surface area contributed by atoms with E-state index in [9.17, 15) is 9.59 Å². The molecule has 10 heteroatoms. The van der Waals surface area contributed by atoms with E-state index >= 15 is 0 Å². The van der Waals surface area contributed by atoms with Gasteiger partial charge in [0.25, 0.3) is 5.56 Å². The first-order valence-corrected chi connectivity index (χ1v) is 12.6. The summed E-state index contributed by atoms with van der Waals surface area (Å²) in [6.07, 6.45) is 3.13. The molecule has 0 aliphatic heterocycles. The average Bonchev–Trinajstić information content (AvgIpc) is 3.42. The summed E-state index contributed by atoms with van der Waals surface area (Å²) in [5.74, 6) is 0.569. The van der Waals surface area contributed by atoms with Crippen LogP contribution in [-0.2, 0) is 34.7 Å². The first-order chi connectivity index (χ1) is 14.5. The summed E-state index contributed by atoms with van der Waals surface area (Å²) < 4.78 is 6.97. The number of anilines is 1. The largest absolute Gasteiger partial charge is 0.383 e. The molecule has 0 N–H and O–H groups in total. The van der Waals surface area contributed by atoms with Gasteiger partial charge in [0.1, 0.15) is 4.83 Å². The van der Waals surface area contributed by atoms with Gasteiger partial charge in [-0.1, -0.05) is 11.8 Å². The Morgan fingerprint density at radius 1 is 1.37 bits per heavy atom. The molecule has 3 aromatic rings. The van der Waals surface area contributed by atoms with Crippen molar-refractivity contribution in [1.82, 2.24) is 14.5 Å². The van der Waals surface area contributed by atoms with E-state index in [0.717, 1.165) is 35.2 Å². The molecular weight excluding hydrogens is 440 g/mol. The van der Waals surface area contributed by atoms with Crippen LogP contribution in [0.5, 0.6) is 0 Å². The summed E-state index contributed by atoms with van der Waals surface area (Å²) in [5, 5.41) is 4.15. The Labute approximate surface area is 187 Å². The molecule has 1 aliphatic carbocycles. The summed E-state index contributed by atoms with van der Waals surface area (Å²) in [4.78, 5) is 38.3. The predicted molar refractivity (Wildman–Crippen MR) is 123 cm³/mol. The molecule has 3 aromatic heterocycles. The predicted octanol–water partition coefficient (Wildman–Crippen LogP) is 3.71. The van der Waals surface area contributed by atoms with Crippen molar-refractivity contribution >= 4 is 55.7 Å². The number of amides is 1. The molecule has 0 fully saturated rings. The van der Waals surface area contributed by atoms with Crippen molar-refractivity contribution in [3.63, 3.8) is 0 Å². The number of aromatic nitrogens is 3. The van der Waals surface area contributed by atoms with Gasteiger partial charge in [-0.2, -0.15) is 0 Å². The van der Waals surface area contributed by atoms with Gasteiger partial charge < -0.3 is 4.74 Å². The number of hydrogen-bond acceptors (Lipinski definition) is 8. The molecule has 7 nitrogen and oxygen atoms in total. The number of thioether (sulfide) groups is 1. The normalized spacial score (nSPS) is 13.2. The van der Waals surface area contributed by atoms with E-state index in [1.54, 1.807) is 34.8 Å². The van der Waals surface area contributed by atoms with Crippen LogP contribution in [0.25, 0.3) is 10.2 Å². The zero-order valence-corrected chi connectivity index (χ0v) is 19.7. The van der Waals surface area contributed by atoms with Gasteiger partial charge in [-0.3, -0.25) is 19.1 Å². The van der Waals surface area contributed by atoms with Crippen LogP contribution in [-0.4, -0.2) is 40.7 Å². The number of hydrogen-bond donors (Lipinski definition) is 0. The second-order valence-corrected chi connectivity index (χ2v) is 9.92. The zero-order valence-electron chi connectivity index (χ0n) is 17.3. The fourth-order valence-electron chi connectivity index (χ4n) is 3.67. The van der Waals surface area contributed by atoms with Gasteiger partial charge in [0, 0.05) is 36.6 Å². The van der Waals surface area contributed by atoms with Crippen molar-refractivity contribution in [1.29, 1.82) is 0 Å². The Bertz CT molecular complexity index is 1130. The molecule has 1 amide bonds. The highest BCUT2D eigenvalue weighted by molar-refractivity contribution is 7.98. The van der Waals surface area contributed by atoms with Gasteiger partial charge in [-0.15, -0.1) is 22.7 Å². The number of thiazole rings is 1. The van der Waals surface area contributed by atoms with Crippen molar-refractivity contribution in [3.8, 4) is 0 Å². The lowest BCUT2D eigenvalue weighted by molar-refractivity contribution is -0.116. The maximum absolute atomic E-state index is 13.3. The monoisotopic (exact) mass is 464 g/mol. The van der Waals surface area contributed by atoms with Crippen molar-refractivity contribution in [2.75, 3.05) is 25.2 Å². The molecular formula is C20H24N4O3S3. The Morgan fingerprint density at radius 2 is 2.20 bits per heavy atom. The minimum Gasteiger partial charge on any atom is -0.383 e. The fourth-order valence-corrected chi connectivity index (χ4v) is 6.92. The van der Waals surface area contributed by atoms with Crippen LogP contribution in [0.15, 0.2) is 15.3 Å². The summed E-state index contributed by atoms with van der Waals surface area (Å²) in [6.45, 7) is 5.00. The molecule has 4 rings (SSSR count). The van der Waals surface area contributed by atoms with E-state index in [2.05, 4.69) is 4.98 Å². The molecule has 0 saturated heterocycles. The summed E-state index contributed by atoms with van der Waals surface area (Å²) in [5.41, 5.74) is 2.11. The smallest absolute Gasteiger partial charge is 0.263 e. The average molecular weight is 465 g/mol. The third-order valence-corrected chi connectivity index (χ3v) is 8.23. The topological polar surface area (TPSA) is 77.3 Å². The Hall–Kier alpha value is -1.75. The van der Waals surface area contributed by atoms with E-state index in [1.165, 1.54) is 33.5 Å². The summed E-state index contributed by atoms with van der Waals surface area (Å²) in [7, 11) is 1.64. The van der Waals surface area contributed by atoms with Gasteiger partial charge in [0.15, 0.2) is 10.3 Å². The molecule has 0 radical (unpaired) electrons. The standard InChI is InChI=1S/C20H24N4O3S3/c1-4-23(12(2)25)19-21-13(10-28-19)11-29-20-22-17-16(14-6-5-7-15(14)30-17)18(26)24(20)8-9-27-3/h10H,4-9,11H2,1-3H3. The lowest BCUT2D eigenvalue weighted by Crippen LogP contribution is -2.27. The quantitative estimate of drug-likeness (QED) is 0.374. The van der Waals surface area contributed by atoms with E-state index in [1.807, 2.05) is 12.3 Å².